The molecule has 0 amide bonds. The van der Waals surface area contributed by atoms with E-state index in [0.29, 0.717) is 66.9 Å². The lowest BCUT2D eigenvalue weighted by molar-refractivity contribution is -0.137. The first-order chi connectivity index (χ1) is 25.0. The summed E-state index contributed by atoms with van der Waals surface area (Å²) in [5.74, 6) is -0.477. The number of aromatic nitrogens is 1. The molecule has 2 heterocycles. The number of hydrogen-bond donors (Lipinski definition) is 2. The van der Waals surface area contributed by atoms with Crippen molar-refractivity contribution in [3.05, 3.63) is 116 Å². The van der Waals surface area contributed by atoms with Crippen LogP contribution in [0.3, 0.4) is 0 Å². The third-order valence-electron chi connectivity index (χ3n) is 11.2. The number of aliphatic hydroxyl groups is 2. The fraction of sp³-hybridized carbons (Fsp3) is 0.405. The zero-order chi connectivity index (χ0) is 38.3. The van der Waals surface area contributed by atoms with E-state index in [1.54, 1.807) is 6.07 Å². The second-order valence-corrected chi connectivity index (χ2v) is 16.2. The standard InChI is InChI=1S/C42H42ClF3N2O4S/c1-24-6-5-16-40(4)34(15-17-41(40,51)23-53-39-33(22-47)25(2)18-26(3)48-39)30-11-8-27(19-29(49)10-7-24)20-31(30)38(50)37-14-13-36(52-37)32-21-28(42(44,45)46)9-12-35(32)43/h6,8-9,11-14,18,20-21,29,34,49,51H,5,7,10,15-17,19,23H2,1-4H3/t29-,34-,40-,41+/m0/s1. The summed E-state index contributed by atoms with van der Waals surface area (Å²) in [7, 11) is 0. The summed E-state index contributed by atoms with van der Waals surface area (Å²) in [6.45, 7) is 7.89. The molecule has 2 N–H and O–H groups in total. The number of alkyl halides is 3. The molecule has 53 heavy (non-hydrogen) atoms. The Morgan fingerprint density at radius 3 is 2.60 bits per heavy atom. The van der Waals surface area contributed by atoms with Gasteiger partial charge in [0.2, 0.25) is 5.78 Å². The van der Waals surface area contributed by atoms with Gasteiger partial charge >= 0.3 is 6.18 Å². The number of aryl methyl sites for hydroxylation is 2. The molecule has 3 aliphatic carbocycles. The van der Waals surface area contributed by atoms with Gasteiger partial charge in [-0.15, -0.1) is 11.8 Å². The quantitative estimate of drug-likeness (QED) is 0.114. The lowest BCUT2D eigenvalue weighted by Gasteiger charge is -2.44. The second kappa shape index (κ2) is 15.1. The van der Waals surface area contributed by atoms with Crippen LogP contribution in [-0.4, -0.2) is 38.4 Å². The van der Waals surface area contributed by atoms with E-state index in [4.69, 9.17) is 16.0 Å². The molecule has 6 nitrogen and oxygen atoms in total. The number of ketones is 1. The van der Waals surface area contributed by atoms with Gasteiger partial charge in [0.05, 0.1) is 27.9 Å². The number of halogens is 4. The summed E-state index contributed by atoms with van der Waals surface area (Å²) in [5.41, 5.74) is 2.31. The lowest BCUT2D eigenvalue weighted by Crippen LogP contribution is -2.46. The highest BCUT2D eigenvalue weighted by Gasteiger charge is 2.57. The van der Waals surface area contributed by atoms with Crippen LogP contribution in [0.5, 0.6) is 0 Å². The van der Waals surface area contributed by atoms with Gasteiger partial charge in [0.25, 0.3) is 0 Å². The number of rotatable bonds is 6. The van der Waals surface area contributed by atoms with Crippen LogP contribution in [0.25, 0.3) is 11.3 Å². The first kappa shape index (κ1) is 38.8. The average Bonchev–Trinajstić information content (AvgIpc) is 3.68. The maximum atomic E-state index is 14.5. The number of thioether (sulfide) groups is 1. The molecule has 4 aromatic rings. The Balaban J connectivity index is 1.42. The number of pyridine rings is 1. The number of nitrogens with zero attached hydrogens (tertiary/aromatic N) is 2. The maximum Gasteiger partial charge on any atom is 0.416 e. The smallest absolute Gasteiger partial charge is 0.416 e. The summed E-state index contributed by atoms with van der Waals surface area (Å²) in [6.07, 6.45) is 0.808. The third-order valence-corrected chi connectivity index (χ3v) is 12.7. The lowest BCUT2D eigenvalue weighted by atomic mass is 9.65. The number of allylic oxidation sites excluding steroid dienone is 2. The number of benzene rings is 2. The monoisotopic (exact) mass is 762 g/mol. The number of aliphatic hydroxyl groups excluding tert-OH is 1. The van der Waals surface area contributed by atoms with Crippen molar-refractivity contribution in [1.82, 2.24) is 4.98 Å². The van der Waals surface area contributed by atoms with E-state index in [0.717, 1.165) is 46.2 Å². The maximum absolute atomic E-state index is 14.5. The molecule has 0 unspecified atom stereocenters. The summed E-state index contributed by atoms with van der Waals surface area (Å²) in [4.78, 5) is 19.1. The molecule has 2 aromatic carbocycles. The van der Waals surface area contributed by atoms with Gasteiger partial charge in [0.1, 0.15) is 16.9 Å². The van der Waals surface area contributed by atoms with Crippen molar-refractivity contribution in [2.24, 2.45) is 5.41 Å². The van der Waals surface area contributed by atoms with Crippen molar-refractivity contribution in [2.45, 2.75) is 101 Å². The van der Waals surface area contributed by atoms with Crippen LogP contribution in [0.2, 0.25) is 5.02 Å². The van der Waals surface area contributed by atoms with Crippen LogP contribution >= 0.6 is 23.4 Å². The Kier molecular flexibility index (Phi) is 11.1. The Morgan fingerprint density at radius 1 is 1.09 bits per heavy atom. The van der Waals surface area contributed by atoms with Gasteiger partial charge in [0.15, 0.2) is 5.76 Å². The first-order valence-corrected chi connectivity index (χ1v) is 19.1. The molecule has 11 heteroatoms. The van der Waals surface area contributed by atoms with Crippen molar-refractivity contribution in [1.29, 1.82) is 5.26 Å². The molecule has 4 atom stereocenters. The van der Waals surface area contributed by atoms with E-state index in [-0.39, 0.29) is 28.0 Å². The Labute approximate surface area is 317 Å². The average molecular weight is 763 g/mol. The minimum atomic E-state index is -4.60. The van der Waals surface area contributed by atoms with E-state index in [1.807, 2.05) is 32.0 Å². The molecule has 278 valence electrons. The molecular weight excluding hydrogens is 721 g/mol. The fourth-order valence-electron chi connectivity index (χ4n) is 8.03. The highest BCUT2D eigenvalue weighted by molar-refractivity contribution is 7.99. The van der Waals surface area contributed by atoms with E-state index in [2.05, 4.69) is 31.0 Å². The molecule has 0 radical (unpaired) electrons. The molecule has 2 aromatic heterocycles. The molecule has 1 saturated carbocycles. The zero-order valence-electron chi connectivity index (χ0n) is 30.1. The van der Waals surface area contributed by atoms with Crippen molar-refractivity contribution in [2.75, 3.05) is 5.75 Å². The van der Waals surface area contributed by atoms with Crippen LogP contribution in [0.4, 0.5) is 13.2 Å². The predicted molar refractivity (Wildman–Crippen MR) is 200 cm³/mol. The predicted octanol–water partition coefficient (Wildman–Crippen LogP) is 10.6. The van der Waals surface area contributed by atoms with E-state index in [9.17, 15) is 33.4 Å². The minimum Gasteiger partial charge on any atom is -0.453 e. The molecule has 0 aliphatic heterocycles. The molecule has 7 rings (SSSR count). The Hall–Kier alpha value is -3.88. The number of furan rings is 1. The highest BCUT2D eigenvalue weighted by Crippen LogP contribution is 2.60. The Bertz CT molecular complexity index is 2120. The van der Waals surface area contributed by atoms with Crippen molar-refractivity contribution >= 4 is 29.1 Å². The van der Waals surface area contributed by atoms with Crippen LogP contribution < -0.4 is 0 Å². The molecular formula is C42H42ClF3N2O4S. The van der Waals surface area contributed by atoms with E-state index in [1.165, 1.54) is 23.9 Å². The number of hydrogen-bond acceptors (Lipinski definition) is 7. The SMILES string of the molecule is CC1=CCC[C@@]2(C)[C@@H](CC[C@@]2(O)CSc2nc(C)cc(C)c2C#N)c2ccc(cc2C(=O)c2ccc(-c3cc(C(F)(F)F)ccc3Cl)o2)C[C@@H](O)CC1. The largest absolute Gasteiger partial charge is 0.453 e. The van der Waals surface area contributed by atoms with Crippen LogP contribution in [-0.2, 0) is 12.6 Å². The fourth-order valence-corrected chi connectivity index (χ4v) is 9.65. The van der Waals surface area contributed by atoms with E-state index < -0.39 is 34.6 Å². The molecule has 1 fully saturated rings. The second-order valence-electron chi connectivity index (χ2n) is 14.8. The van der Waals surface area contributed by atoms with Crippen molar-refractivity contribution in [3.8, 4) is 17.4 Å². The third kappa shape index (κ3) is 7.86. The minimum absolute atomic E-state index is 0.0132. The van der Waals surface area contributed by atoms with Gasteiger partial charge < -0.3 is 14.6 Å². The summed E-state index contributed by atoms with van der Waals surface area (Å²) in [6, 6.07) is 15.6. The number of carbonyl (C=O) groups is 1. The van der Waals surface area contributed by atoms with Crippen LogP contribution in [0.15, 0.2) is 75.7 Å². The van der Waals surface area contributed by atoms with Crippen LogP contribution in [0.1, 0.15) is 108 Å². The number of fused-ring (bicyclic) bond motifs is 8. The topological polar surface area (TPSA) is 107 Å². The van der Waals surface area contributed by atoms with Crippen LogP contribution in [0, 0.1) is 30.6 Å². The van der Waals surface area contributed by atoms with Gasteiger partial charge in [-0.1, -0.05) is 42.3 Å². The van der Waals surface area contributed by atoms with E-state index >= 15 is 0 Å². The normalized spacial score (nSPS) is 23.6. The zero-order valence-corrected chi connectivity index (χ0v) is 31.7. The molecule has 3 aliphatic rings. The number of carbonyl (C=O) groups excluding carboxylic acids is 1. The summed E-state index contributed by atoms with van der Waals surface area (Å²) < 4.78 is 46.6. The van der Waals surface area contributed by atoms with Crippen molar-refractivity contribution in [3.63, 3.8) is 0 Å². The van der Waals surface area contributed by atoms with Crippen molar-refractivity contribution < 1.29 is 32.6 Å². The highest BCUT2D eigenvalue weighted by atomic mass is 35.5. The van der Waals surface area contributed by atoms with Gasteiger partial charge in [0, 0.05) is 28.0 Å². The first-order valence-electron chi connectivity index (χ1n) is 17.7. The van der Waals surface area contributed by atoms with Gasteiger partial charge in [-0.05, 0) is 131 Å². The molecule has 2 bridgehead atoms. The number of nitriles is 1. The van der Waals surface area contributed by atoms with Gasteiger partial charge in [-0.25, -0.2) is 4.98 Å². The Morgan fingerprint density at radius 2 is 1.87 bits per heavy atom. The van der Waals surface area contributed by atoms with Gasteiger partial charge in [-0.3, -0.25) is 4.79 Å². The molecule has 0 saturated heterocycles. The summed E-state index contributed by atoms with van der Waals surface area (Å²) >= 11 is 7.68. The summed E-state index contributed by atoms with van der Waals surface area (Å²) in [5, 5.41) is 34.2. The molecule has 0 spiro atoms. The van der Waals surface area contributed by atoms with Gasteiger partial charge in [-0.2, -0.15) is 18.4 Å².